The van der Waals surface area contributed by atoms with Crippen molar-refractivity contribution in [3.8, 4) is 5.75 Å². The SMILES string of the molecule is COC(=O)c1cn([C@@H]2C[C@@H](C(=O)Nc3cccc(SC)c3)N(C/C=C/c3ccccc3OC)C2)nn1. The molecule has 0 spiro atoms. The molecule has 0 bridgehead atoms. The second-order valence-electron chi connectivity index (χ2n) is 8.30. The van der Waals surface area contributed by atoms with Crippen molar-refractivity contribution < 1.29 is 19.1 Å². The quantitative estimate of drug-likeness (QED) is 0.345. The van der Waals surface area contributed by atoms with Crippen molar-refractivity contribution in [1.82, 2.24) is 19.9 Å². The van der Waals surface area contributed by atoms with Gasteiger partial charge in [0.25, 0.3) is 0 Å². The molecule has 1 N–H and O–H groups in total. The number of anilines is 1. The number of nitrogens with one attached hydrogen (secondary N) is 1. The van der Waals surface area contributed by atoms with E-state index < -0.39 is 5.97 Å². The predicted octanol–water partition coefficient (Wildman–Crippen LogP) is 3.76. The average molecular weight is 508 g/mol. The molecule has 1 aromatic heterocycles. The van der Waals surface area contributed by atoms with Gasteiger partial charge in [-0.15, -0.1) is 16.9 Å². The van der Waals surface area contributed by atoms with E-state index in [-0.39, 0.29) is 23.7 Å². The van der Waals surface area contributed by atoms with Crippen LogP contribution in [-0.2, 0) is 9.53 Å². The van der Waals surface area contributed by atoms with Crippen LogP contribution in [0.15, 0.2) is 65.7 Å². The normalized spacial score (nSPS) is 17.9. The molecule has 10 heteroatoms. The Bertz CT molecular complexity index is 1240. The standard InChI is InChI=1S/C26H29N5O4S/c1-34-24-12-5-4-8-18(24)9-7-13-30-16-20(31-17-22(28-29-31)26(33)35-2)15-23(30)25(32)27-19-10-6-11-21(14-19)36-3/h4-12,14,17,20,23H,13,15-16H2,1-3H3,(H,27,32)/b9-7+/t20-,23+/m1/s1. The van der Waals surface area contributed by atoms with Crippen LogP contribution in [0, 0.1) is 0 Å². The Kier molecular flexibility index (Phi) is 8.40. The van der Waals surface area contributed by atoms with Gasteiger partial charge in [-0.2, -0.15) is 0 Å². The average Bonchev–Trinajstić information content (AvgIpc) is 3.56. The highest BCUT2D eigenvalue weighted by molar-refractivity contribution is 7.98. The molecule has 36 heavy (non-hydrogen) atoms. The summed E-state index contributed by atoms with van der Waals surface area (Å²) in [6.45, 7) is 1.12. The lowest BCUT2D eigenvalue weighted by Gasteiger charge is -2.22. The van der Waals surface area contributed by atoms with Crippen molar-refractivity contribution in [2.45, 2.75) is 23.4 Å². The third kappa shape index (κ3) is 5.95. The molecule has 0 radical (unpaired) electrons. The Balaban J connectivity index is 1.53. The number of thioether (sulfide) groups is 1. The fraction of sp³-hybridized carbons (Fsp3) is 0.308. The number of benzene rings is 2. The zero-order valence-corrected chi connectivity index (χ0v) is 21.3. The summed E-state index contributed by atoms with van der Waals surface area (Å²) >= 11 is 1.62. The maximum Gasteiger partial charge on any atom is 0.360 e. The van der Waals surface area contributed by atoms with Crippen molar-refractivity contribution in [3.63, 3.8) is 0 Å². The minimum absolute atomic E-state index is 0.0882. The van der Waals surface area contributed by atoms with Gasteiger partial charge in [0.15, 0.2) is 5.69 Å². The highest BCUT2D eigenvalue weighted by Gasteiger charge is 2.38. The van der Waals surface area contributed by atoms with Crippen LogP contribution in [-0.4, -0.2) is 71.4 Å². The Morgan fingerprint density at radius 2 is 2.03 bits per heavy atom. The monoisotopic (exact) mass is 507 g/mol. The summed E-state index contributed by atoms with van der Waals surface area (Å²) in [6.07, 6.45) is 8.12. The highest BCUT2D eigenvalue weighted by atomic mass is 32.2. The van der Waals surface area contributed by atoms with Gasteiger partial charge in [0, 0.05) is 29.2 Å². The molecule has 1 aliphatic rings. The van der Waals surface area contributed by atoms with Crippen molar-refractivity contribution >= 4 is 35.4 Å². The lowest BCUT2D eigenvalue weighted by atomic mass is 10.1. The molecule has 1 fully saturated rings. The summed E-state index contributed by atoms with van der Waals surface area (Å²) in [5.74, 6) is 0.155. The summed E-state index contributed by atoms with van der Waals surface area (Å²) in [5.41, 5.74) is 1.86. The number of aromatic nitrogens is 3. The van der Waals surface area contributed by atoms with E-state index in [0.29, 0.717) is 19.5 Å². The predicted molar refractivity (Wildman–Crippen MR) is 139 cm³/mol. The van der Waals surface area contributed by atoms with E-state index in [1.807, 2.05) is 66.9 Å². The van der Waals surface area contributed by atoms with Crippen LogP contribution in [0.25, 0.3) is 6.08 Å². The number of rotatable bonds is 9. The van der Waals surface area contributed by atoms with Gasteiger partial charge >= 0.3 is 5.97 Å². The van der Waals surface area contributed by atoms with Crippen LogP contribution < -0.4 is 10.1 Å². The van der Waals surface area contributed by atoms with Crippen LogP contribution in [0.2, 0.25) is 0 Å². The van der Waals surface area contributed by atoms with Gasteiger partial charge in [-0.1, -0.05) is 41.6 Å². The van der Waals surface area contributed by atoms with Gasteiger partial charge in [-0.3, -0.25) is 9.69 Å². The lowest BCUT2D eigenvalue weighted by Crippen LogP contribution is -2.39. The van der Waals surface area contributed by atoms with E-state index in [0.717, 1.165) is 21.9 Å². The van der Waals surface area contributed by atoms with Crippen LogP contribution >= 0.6 is 11.8 Å². The van der Waals surface area contributed by atoms with E-state index in [1.165, 1.54) is 7.11 Å². The fourth-order valence-corrected chi connectivity index (χ4v) is 4.70. The van der Waals surface area contributed by atoms with Crippen LogP contribution in [0.4, 0.5) is 5.69 Å². The minimum Gasteiger partial charge on any atom is -0.496 e. The Hall–Kier alpha value is -3.63. The van der Waals surface area contributed by atoms with Crippen molar-refractivity contribution in [3.05, 3.63) is 72.1 Å². The minimum atomic E-state index is -0.543. The van der Waals surface area contributed by atoms with Crippen LogP contribution in [0.3, 0.4) is 0 Å². The first kappa shape index (κ1) is 25.5. The number of para-hydroxylation sites is 1. The molecule has 188 valence electrons. The number of hydrogen-bond donors (Lipinski definition) is 1. The first-order valence-electron chi connectivity index (χ1n) is 11.5. The zero-order chi connectivity index (χ0) is 25.5. The molecule has 2 heterocycles. The summed E-state index contributed by atoms with van der Waals surface area (Å²) in [5, 5.41) is 11.1. The Morgan fingerprint density at radius 1 is 1.19 bits per heavy atom. The van der Waals surface area contributed by atoms with E-state index in [9.17, 15) is 9.59 Å². The topological polar surface area (TPSA) is 98.6 Å². The third-order valence-electron chi connectivity index (χ3n) is 6.08. The number of hydrogen-bond acceptors (Lipinski definition) is 8. The maximum absolute atomic E-state index is 13.4. The van der Waals surface area contributed by atoms with Crippen molar-refractivity contribution in [1.29, 1.82) is 0 Å². The van der Waals surface area contributed by atoms with Gasteiger partial charge in [0.2, 0.25) is 5.91 Å². The number of ether oxygens (including phenoxy) is 2. The van der Waals surface area contributed by atoms with Crippen LogP contribution in [0.5, 0.6) is 5.75 Å². The van der Waals surface area contributed by atoms with E-state index in [4.69, 9.17) is 9.47 Å². The molecular weight excluding hydrogens is 478 g/mol. The molecule has 4 rings (SSSR count). The number of esters is 1. The van der Waals surface area contributed by atoms with E-state index in [2.05, 4.69) is 20.5 Å². The van der Waals surface area contributed by atoms with Gasteiger partial charge < -0.3 is 14.8 Å². The summed E-state index contributed by atoms with van der Waals surface area (Å²) in [7, 11) is 2.95. The molecular formula is C26H29N5O4S. The fourth-order valence-electron chi connectivity index (χ4n) is 4.24. The number of carbonyl (C=O) groups excluding carboxylic acids is 2. The molecule has 3 aromatic rings. The molecule has 1 aliphatic heterocycles. The van der Waals surface area contributed by atoms with Gasteiger partial charge in [-0.25, -0.2) is 9.48 Å². The maximum atomic E-state index is 13.4. The summed E-state index contributed by atoms with van der Waals surface area (Å²) < 4.78 is 11.8. The number of likely N-dealkylation sites (tertiary alicyclic amines) is 1. The summed E-state index contributed by atoms with van der Waals surface area (Å²) in [6, 6.07) is 15.0. The second kappa shape index (κ2) is 11.9. The number of amides is 1. The Labute approximate surface area is 214 Å². The lowest BCUT2D eigenvalue weighted by molar-refractivity contribution is -0.120. The van der Waals surface area contributed by atoms with E-state index >= 15 is 0 Å². The first-order chi connectivity index (χ1) is 17.5. The molecule has 2 atom stereocenters. The molecule has 2 aromatic carbocycles. The second-order valence-corrected chi connectivity index (χ2v) is 9.18. The molecule has 9 nitrogen and oxygen atoms in total. The number of methoxy groups -OCH3 is 2. The van der Waals surface area contributed by atoms with Crippen molar-refractivity contribution in [2.75, 3.05) is 38.9 Å². The zero-order valence-electron chi connectivity index (χ0n) is 20.5. The van der Waals surface area contributed by atoms with E-state index in [1.54, 1.807) is 29.8 Å². The summed E-state index contributed by atoms with van der Waals surface area (Å²) in [4.78, 5) is 28.4. The smallest absolute Gasteiger partial charge is 0.360 e. The number of carbonyl (C=O) groups is 2. The largest absolute Gasteiger partial charge is 0.496 e. The first-order valence-corrected chi connectivity index (χ1v) is 12.7. The third-order valence-corrected chi connectivity index (χ3v) is 6.80. The molecule has 1 amide bonds. The van der Waals surface area contributed by atoms with Crippen molar-refractivity contribution in [2.24, 2.45) is 0 Å². The molecule has 1 saturated heterocycles. The van der Waals surface area contributed by atoms with Gasteiger partial charge in [-0.05, 0) is 36.9 Å². The Morgan fingerprint density at radius 3 is 2.81 bits per heavy atom. The molecule has 0 aliphatic carbocycles. The van der Waals surface area contributed by atoms with Gasteiger partial charge in [0.05, 0.1) is 32.5 Å². The molecule has 0 unspecified atom stereocenters. The molecule has 0 saturated carbocycles. The van der Waals surface area contributed by atoms with Crippen LogP contribution in [0.1, 0.15) is 28.5 Å². The van der Waals surface area contributed by atoms with Gasteiger partial charge in [0.1, 0.15) is 5.75 Å². The number of nitrogens with zero attached hydrogens (tertiary/aromatic N) is 4. The highest BCUT2D eigenvalue weighted by Crippen LogP contribution is 2.29.